The standard InChI is InChI=1S/C11H13N3O2/c1-16-7-9-4-2-3-5-10(9)14-8-12-13-11(14)6-15/h2-5,8,15H,6-7H2,1H3. The first kappa shape index (κ1) is 10.8. The van der Waals surface area contributed by atoms with Gasteiger partial charge in [0.1, 0.15) is 12.9 Å². The molecule has 0 aliphatic carbocycles. The van der Waals surface area contributed by atoms with Crippen LogP contribution in [0.4, 0.5) is 0 Å². The number of nitrogens with zero attached hydrogens (tertiary/aromatic N) is 3. The molecule has 2 aromatic rings. The lowest BCUT2D eigenvalue weighted by atomic mass is 10.2. The average Bonchev–Trinajstić information content (AvgIpc) is 2.78. The van der Waals surface area contributed by atoms with Crippen LogP contribution in [0.15, 0.2) is 30.6 Å². The molecule has 0 radical (unpaired) electrons. The van der Waals surface area contributed by atoms with Crippen LogP contribution in [-0.4, -0.2) is 27.0 Å². The zero-order valence-electron chi connectivity index (χ0n) is 9.00. The summed E-state index contributed by atoms with van der Waals surface area (Å²) < 4.78 is 6.88. The number of aliphatic hydroxyl groups is 1. The van der Waals surface area contributed by atoms with Crippen molar-refractivity contribution in [1.82, 2.24) is 14.8 Å². The summed E-state index contributed by atoms with van der Waals surface area (Å²) in [5, 5.41) is 16.8. The minimum atomic E-state index is -0.138. The monoisotopic (exact) mass is 219 g/mol. The molecule has 0 saturated heterocycles. The fourth-order valence-electron chi connectivity index (χ4n) is 1.59. The van der Waals surface area contributed by atoms with Gasteiger partial charge in [0.2, 0.25) is 0 Å². The van der Waals surface area contributed by atoms with Gasteiger partial charge in [-0.1, -0.05) is 18.2 Å². The minimum absolute atomic E-state index is 0.138. The Morgan fingerprint density at radius 1 is 1.38 bits per heavy atom. The lowest BCUT2D eigenvalue weighted by molar-refractivity contribution is 0.184. The summed E-state index contributed by atoms with van der Waals surface area (Å²) in [5.74, 6) is 0.517. The normalized spacial score (nSPS) is 10.6. The summed E-state index contributed by atoms with van der Waals surface area (Å²) >= 11 is 0. The van der Waals surface area contributed by atoms with E-state index in [0.717, 1.165) is 11.3 Å². The highest BCUT2D eigenvalue weighted by atomic mass is 16.5. The van der Waals surface area contributed by atoms with Crippen LogP contribution in [0.3, 0.4) is 0 Å². The van der Waals surface area contributed by atoms with Crippen molar-refractivity contribution in [2.75, 3.05) is 7.11 Å². The molecule has 5 nitrogen and oxygen atoms in total. The third-order valence-corrected chi connectivity index (χ3v) is 2.31. The first-order valence-corrected chi connectivity index (χ1v) is 4.93. The second-order valence-corrected chi connectivity index (χ2v) is 3.34. The predicted molar refractivity (Wildman–Crippen MR) is 58.0 cm³/mol. The highest BCUT2D eigenvalue weighted by molar-refractivity contribution is 5.41. The largest absolute Gasteiger partial charge is 0.388 e. The number of ether oxygens (including phenoxy) is 1. The molecule has 16 heavy (non-hydrogen) atoms. The lowest BCUT2D eigenvalue weighted by Crippen LogP contribution is -2.04. The molecule has 0 atom stereocenters. The van der Waals surface area contributed by atoms with Gasteiger partial charge in [-0.2, -0.15) is 0 Å². The Labute approximate surface area is 93.3 Å². The van der Waals surface area contributed by atoms with Gasteiger partial charge >= 0.3 is 0 Å². The molecule has 0 aliphatic heterocycles. The van der Waals surface area contributed by atoms with Crippen molar-refractivity contribution in [3.63, 3.8) is 0 Å². The lowest BCUT2D eigenvalue weighted by Gasteiger charge is -2.10. The second kappa shape index (κ2) is 4.87. The van der Waals surface area contributed by atoms with Crippen LogP contribution in [0.1, 0.15) is 11.4 Å². The van der Waals surface area contributed by atoms with Crippen LogP contribution in [0.2, 0.25) is 0 Å². The van der Waals surface area contributed by atoms with E-state index in [-0.39, 0.29) is 6.61 Å². The maximum Gasteiger partial charge on any atom is 0.163 e. The Morgan fingerprint density at radius 3 is 2.94 bits per heavy atom. The highest BCUT2D eigenvalue weighted by Crippen LogP contribution is 2.16. The van der Waals surface area contributed by atoms with Crippen LogP contribution < -0.4 is 0 Å². The number of hydrogen-bond acceptors (Lipinski definition) is 4. The molecular weight excluding hydrogens is 206 g/mol. The van der Waals surface area contributed by atoms with Gasteiger partial charge in [0.05, 0.1) is 12.3 Å². The molecule has 1 heterocycles. The van der Waals surface area contributed by atoms with Crippen molar-refractivity contribution >= 4 is 0 Å². The first-order valence-electron chi connectivity index (χ1n) is 4.93. The van der Waals surface area contributed by atoms with Gasteiger partial charge in [-0.25, -0.2) is 0 Å². The summed E-state index contributed by atoms with van der Waals surface area (Å²) in [6, 6.07) is 7.79. The summed E-state index contributed by atoms with van der Waals surface area (Å²) in [5.41, 5.74) is 1.96. The quantitative estimate of drug-likeness (QED) is 0.830. The summed E-state index contributed by atoms with van der Waals surface area (Å²) in [6.07, 6.45) is 1.58. The van der Waals surface area contributed by atoms with Gasteiger partial charge in [0.25, 0.3) is 0 Å². The van der Waals surface area contributed by atoms with Crippen LogP contribution in [-0.2, 0) is 18.0 Å². The van der Waals surface area contributed by atoms with Gasteiger partial charge < -0.3 is 9.84 Å². The Morgan fingerprint density at radius 2 is 2.19 bits per heavy atom. The van der Waals surface area contributed by atoms with Crippen molar-refractivity contribution in [2.45, 2.75) is 13.2 Å². The van der Waals surface area contributed by atoms with Gasteiger partial charge in [0.15, 0.2) is 5.82 Å². The van der Waals surface area contributed by atoms with E-state index in [1.165, 1.54) is 0 Å². The van der Waals surface area contributed by atoms with Gasteiger partial charge in [0, 0.05) is 12.7 Å². The predicted octanol–water partition coefficient (Wildman–Crippen LogP) is 0.906. The van der Waals surface area contributed by atoms with E-state index in [1.54, 1.807) is 18.0 Å². The van der Waals surface area contributed by atoms with E-state index in [1.807, 2.05) is 24.3 Å². The third-order valence-electron chi connectivity index (χ3n) is 2.31. The van der Waals surface area contributed by atoms with Gasteiger partial charge in [-0.15, -0.1) is 10.2 Å². The van der Waals surface area contributed by atoms with Crippen LogP contribution in [0, 0.1) is 0 Å². The first-order chi connectivity index (χ1) is 7.86. The molecule has 2 rings (SSSR count). The van der Waals surface area contributed by atoms with E-state index in [2.05, 4.69) is 10.2 Å². The Hall–Kier alpha value is -1.72. The van der Waals surface area contributed by atoms with Gasteiger partial charge in [-0.05, 0) is 6.07 Å². The summed E-state index contributed by atoms with van der Waals surface area (Å²) in [6.45, 7) is 0.376. The van der Waals surface area contributed by atoms with Crippen LogP contribution in [0.5, 0.6) is 0 Å². The molecule has 0 saturated carbocycles. The van der Waals surface area contributed by atoms with E-state index in [4.69, 9.17) is 9.84 Å². The summed E-state index contributed by atoms with van der Waals surface area (Å²) in [7, 11) is 1.65. The zero-order chi connectivity index (χ0) is 11.4. The maximum atomic E-state index is 9.13. The molecule has 0 bridgehead atoms. The van der Waals surface area contributed by atoms with Crippen molar-refractivity contribution in [3.05, 3.63) is 42.0 Å². The SMILES string of the molecule is COCc1ccccc1-n1cnnc1CO. The van der Waals surface area contributed by atoms with Crippen molar-refractivity contribution in [3.8, 4) is 5.69 Å². The van der Waals surface area contributed by atoms with Crippen molar-refractivity contribution in [2.24, 2.45) is 0 Å². The third kappa shape index (κ3) is 1.95. The fourth-order valence-corrected chi connectivity index (χ4v) is 1.59. The number of aliphatic hydroxyl groups excluding tert-OH is 1. The molecule has 0 amide bonds. The molecule has 1 N–H and O–H groups in total. The molecule has 84 valence electrons. The van der Waals surface area contributed by atoms with Crippen molar-refractivity contribution < 1.29 is 9.84 Å². The molecular formula is C11H13N3O2. The molecule has 1 aromatic carbocycles. The number of rotatable bonds is 4. The van der Waals surface area contributed by atoms with E-state index >= 15 is 0 Å². The second-order valence-electron chi connectivity index (χ2n) is 3.34. The molecule has 0 spiro atoms. The Kier molecular flexibility index (Phi) is 3.28. The zero-order valence-corrected chi connectivity index (χ0v) is 9.00. The molecule has 0 fully saturated rings. The number of benzene rings is 1. The molecule has 0 unspecified atom stereocenters. The molecule has 0 aliphatic rings. The highest BCUT2D eigenvalue weighted by Gasteiger charge is 2.08. The Balaban J connectivity index is 2.46. The van der Waals surface area contributed by atoms with Crippen LogP contribution in [0.25, 0.3) is 5.69 Å². The summed E-state index contributed by atoms with van der Waals surface area (Å²) in [4.78, 5) is 0. The number of para-hydroxylation sites is 1. The number of aromatic nitrogens is 3. The van der Waals surface area contributed by atoms with Crippen LogP contribution >= 0.6 is 0 Å². The fraction of sp³-hybridized carbons (Fsp3) is 0.273. The minimum Gasteiger partial charge on any atom is -0.388 e. The van der Waals surface area contributed by atoms with Crippen molar-refractivity contribution in [1.29, 1.82) is 0 Å². The van der Waals surface area contributed by atoms with E-state index in [9.17, 15) is 0 Å². The smallest absolute Gasteiger partial charge is 0.163 e. The maximum absolute atomic E-state index is 9.13. The molecule has 1 aromatic heterocycles. The van der Waals surface area contributed by atoms with Gasteiger partial charge in [-0.3, -0.25) is 4.57 Å². The Bertz CT molecular complexity index is 468. The topological polar surface area (TPSA) is 60.2 Å². The number of methoxy groups -OCH3 is 1. The average molecular weight is 219 g/mol. The van der Waals surface area contributed by atoms with E-state index < -0.39 is 0 Å². The molecule has 5 heteroatoms. The van der Waals surface area contributed by atoms with E-state index in [0.29, 0.717) is 12.4 Å². The number of hydrogen-bond donors (Lipinski definition) is 1.